The van der Waals surface area contributed by atoms with Crippen molar-refractivity contribution in [3.05, 3.63) is 40.6 Å². The van der Waals surface area contributed by atoms with Gasteiger partial charge in [-0.2, -0.15) is 0 Å². The summed E-state index contributed by atoms with van der Waals surface area (Å²) in [5.41, 5.74) is 3.94. The molecular weight excluding hydrogens is 326 g/mol. The Morgan fingerprint density at radius 3 is 2.58 bits per heavy atom. The molecule has 0 saturated heterocycles. The SMILES string of the molecule is Cc1cc2c(cc1C)[C@H](N(Cc1nnc(C(C)C)o1)C1CC1)CCCO2. The van der Waals surface area contributed by atoms with Crippen LogP contribution in [-0.4, -0.2) is 27.7 Å². The third-order valence-corrected chi connectivity index (χ3v) is 5.58. The summed E-state index contributed by atoms with van der Waals surface area (Å²) in [5, 5.41) is 8.52. The van der Waals surface area contributed by atoms with Gasteiger partial charge in [-0.1, -0.05) is 19.9 Å². The number of benzene rings is 1. The van der Waals surface area contributed by atoms with Crippen LogP contribution >= 0.6 is 0 Å². The van der Waals surface area contributed by atoms with Gasteiger partial charge in [0.1, 0.15) is 5.75 Å². The van der Waals surface area contributed by atoms with Crippen LogP contribution in [0.15, 0.2) is 16.5 Å². The second-order valence-corrected chi connectivity index (χ2v) is 8.07. The number of aromatic nitrogens is 2. The molecule has 0 bridgehead atoms. The van der Waals surface area contributed by atoms with Crippen molar-refractivity contribution in [1.82, 2.24) is 15.1 Å². The highest BCUT2D eigenvalue weighted by atomic mass is 16.5. The van der Waals surface area contributed by atoms with E-state index in [1.807, 2.05) is 0 Å². The fourth-order valence-electron chi connectivity index (χ4n) is 3.78. The molecule has 2 aromatic rings. The molecule has 5 nitrogen and oxygen atoms in total. The number of aryl methyl sites for hydroxylation is 2. The summed E-state index contributed by atoms with van der Waals surface area (Å²) in [6.07, 6.45) is 4.68. The van der Waals surface area contributed by atoms with Gasteiger partial charge in [0.25, 0.3) is 0 Å². The zero-order valence-electron chi connectivity index (χ0n) is 16.3. The monoisotopic (exact) mass is 355 g/mol. The van der Waals surface area contributed by atoms with Gasteiger partial charge >= 0.3 is 0 Å². The van der Waals surface area contributed by atoms with Crippen LogP contribution in [0.2, 0.25) is 0 Å². The minimum absolute atomic E-state index is 0.267. The minimum Gasteiger partial charge on any atom is -0.493 e. The molecule has 2 heterocycles. The Morgan fingerprint density at radius 2 is 1.88 bits per heavy atom. The van der Waals surface area contributed by atoms with E-state index in [0.29, 0.717) is 12.1 Å². The molecule has 0 spiro atoms. The van der Waals surface area contributed by atoms with Crippen LogP contribution in [0.5, 0.6) is 5.75 Å². The molecule has 0 radical (unpaired) electrons. The maximum atomic E-state index is 6.07. The molecule has 26 heavy (non-hydrogen) atoms. The number of nitrogens with zero attached hydrogens (tertiary/aromatic N) is 3. The van der Waals surface area contributed by atoms with Gasteiger partial charge < -0.3 is 9.15 Å². The summed E-state index contributed by atoms with van der Waals surface area (Å²) in [7, 11) is 0. The van der Waals surface area contributed by atoms with E-state index in [4.69, 9.17) is 9.15 Å². The van der Waals surface area contributed by atoms with Crippen molar-refractivity contribution in [2.45, 2.75) is 77.9 Å². The van der Waals surface area contributed by atoms with E-state index in [1.54, 1.807) is 0 Å². The third-order valence-electron chi connectivity index (χ3n) is 5.58. The molecule has 0 unspecified atom stereocenters. The van der Waals surface area contributed by atoms with Crippen LogP contribution in [0.3, 0.4) is 0 Å². The standard InChI is InChI=1S/C21H29N3O2/c1-13(2)21-23-22-20(26-21)12-24(16-7-8-16)18-6-5-9-25-19-11-15(4)14(3)10-17(18)19/h10-11,13,16,18H,5-9,12H2,1-4H3/t18-/m1/s1. The smallest absolute Gasteiger partial charge is 0.230 e. The van der Waals surface area contributed by atoms with Crippen LogP contribution < -0.4 is 4.74 Å². The van der Waals surface area contributed by atoms with Crippen LogP contribution in [-0.2, 0) is 6.54 Å². The summed E-state index contributed by atoms with van der Waals surface area (Å²) in [6.45, 7) is 10.0. The van der Waals surface area contributed by atoms with E-state index < -0.39 is 0 Å². The Kier molecular flexibility index (Phi) is 4.74. The third kappa shape index (κ3) is 3.50. The number of ether oxygens (including phenoxy) is 1. The zero-order valence-corrected chi connectivity index (χ0v) is 16.3. The molecule has 2 aliphatic rings. The normalized spacial score (nSPS) is 20.2. The molecule has 1 saturated carbocycles. The largest absolute Gasteiger partial charge is 0.493 e. The van der Waals surface area contributed by atoms with Crippen molar-refractivity contribution in [2.75, 3.05) is 6.61 Å². The Morgan fingerprint density at radius 1 is 1.12 bits per heavy atom. The molecule has 0 amide bonds. The Bertz CT molecular complexity index is 780. The van der Waals surface area contributed by atoms with Gasteiger partial charge in [-0.15, -0.1) is 10.2 Å². The first kappa shape index (κ1) is 17.5. The van der Waals surface area contributed by atoms with Crippen molar-refractivity contribution in [1.29, 1.82) is 0 Å². The zero-order chi connectivity index (χ0) is 18.3. The van der Waals surface area contributed by atoms with E-state index in [1.165, 1.54) is 29.5 Å². The van der Waals surface area contributed by atoms with Gasteiger partial charge in [-0.25, -0.2) is 0 Å². The van der Waals surface area contributed by atoms with Crippen LogP contribution in [0.25, 0.3) is 0 Å². The summed E-state index contributed by atoms with van der Waals surface area (Å²) in [4.78, 5) is 2.57. The summed E-state index contributed by atoms with van der Waals surface area (Å²) in [6, 6.07) is 5.50. The highest BCUT2D eigenvalue weighted by Crippen LogP contribution is 2.43. The molecule has 0 N–H and O–H groups in total. The first-order valence-electron chi connectivity index (χ1n) is 9.85. The van der Waals surface area contributed by atoms with Crippen molar-refractivity contribution in [2.24, 2.45) is 0 Å². The lowest BCUT2D eigenvalue weighted by molar-refractivity contribution is 0.151. The average molecular weight is 355 g/mol. The van der Waals surface area contributed by atoms with Gasteiger partial charge in [0, 0.05) is 23.6 Å². The van der Waals surface area contributed by atoms with E-state index in [-0.39, 0.29) is 5.92 Å². The van der Waals surface area contributed by atoms with Crippen LogP contribution in [0.1, 0.15) is 80.0 Å². The van der Waals surface area contributed by atoms with Gasteiger partial charge in [-0.05, 0) is 56.7 Å². The second kappa shape index (κ2) is 7.03. The Balaban J connectivity index is 1.65. The van der Waals surface area contributed by atoms with Crippen molar-refractivity contribution >= 4 is 0 Å². The lowest BCUT2D eigenvalue weighted by Crippen LogP contribution is -2.30. The van der Waals surface area contributed by atoms with Gasteiger partial charge in [0.05, 0.1) is 13.2 Å². The minimum atomic E-state index is 0.267. The highest BCUT2D eigenvalue weighted by molar-refractivity contribution is 5.44. The molecule has 1 atom stereocenters. The number of rotatable bonds is 5. The molecular formula is C21H29N3O2. The highest BCUT2D eigenvalue weighted by Gasteiger charge is 2.37. The van der Waals surface area contributed by atoms with Crippen LogP contribution in [0, 0.1) is 13.8 Å². The average Bonchev–Trinajstić information content (AvgIpc) is 3.37. The first-order valence-corrected chi connectivity index (χ1v) is 9.85. The van der Waals surface area contributed by atoms with Crippen molar-refractivity contribution in [3.63, 3.8) is 0 Å². The number of fused-ring (bicyclic) bond motifs is 1. The fraction of sp³-hybridized carbons (Fsp3) is 0.619. The molecule has 1 aromatic heterocycles. The van der Waals surface area contributed by atoms with Crippen molar-refractivity contribution in [3.8, 4) is 5.75 Å². The van der Waals surface area contributed by atoms with Crippen LogP contribution in [0.4, 0.5) is 0 Å². The summed E-state index contributed by atoms with van der Waals surface area (Å²) < 4.78 is 12.0. The number of hydrogen-bond acceptors (Lipinski definition) is 5. The topological polar surface area (TPSA) is 51.4 Å². The second-order valence-electron chi connectivity index (χ2n) is 8.07. The maximum absolute atomic E-state index is 6.07. The quantitative estimate of drug-likeness (QED) is 0.779. The maximum Gasteiger partial charge on any atom is 0.230 e. The van der Waals surface area contributed by atoms with E-state index >= 15 is 0 Å². The molecule has 4 rings (SSSR count). The predicted molar refractivity (Wildman–Crippen MR) is 100 cm³/mol. The van der Waals surface area contributed by atoms with E-state index in [0.717, 1.165) is 43.5 Å². The Hall–Kier alpha value is -1.88. The van der Waals surface area contributed by atoms with Gasteiger partial charge in [0.15, 0.2) is 0 Å². The van der Waals surface area contributed by atoms with E-state index in [2.05, 4.69) is 54.9 Å². The van der Waals surface area contributed by atoms with E-state index in [9.17, 15) is 0 Å². The molecule has 140 valence electrons. The van der Waals surface area contributed by atoms with Gasteiger partial charge in [0.2, 0.25) is 11.8 Å². The summed E-state index contributed by atoms with van der Waals surface area (Å²) in [5.74, 6) is 2.78. The molecule has 1 fully saturated rings. The van der Waals surface area contributed by atoms with Crippen molar-refractivity contribution < 1.29 is 9.15 Å². The number of hydrogen-bond donors (Lipinski definition) is 0. The fourth-order valence-corrected chi connectivity index (χ4v) is 3.78. The molecule has 1 aliphatic heterocycles. The lowest BCUT2D eigenvalue weighted by Gasteiger charge is -2.31. The van der Waals surface area contributed by atoms with Gasteiger partial charge in [-0.3, -0.25) is 4.90 Å². The molecule has 1 aliphatic carbocycles. The predicted octanol–water partition coefficient (Wildman–Crippen LogP) is 4.69. The summed E-state index contributed by atoms with van der Waals surface area (Å²) >= 11 is 0. The molecule has 1 aromatic carbocycles. The lowest BCUT2D eigenvalue weighted by atomic mass is 9.96. The first-order chi connectivity index (χ1) is 12.5. The molecule has 5 heteroatoms. The Labute approximate surface area is 155 Å².